The SMILES string of the molecule is CCC1CCC(C)CC1.Cc1nc(N(C)C)c2ccccc2n1.NC(=O)C(CC(=O)c1ccc(F)cc1)Sc1ccc(Br)cc1. The van der Waals surface area contributed by atoms with Crippen LogP contribution in [-0.4, -0.2) is 41.0 Å². The second kappa shape index (κ2) is 18.0. The standard InChI is InChI=1S/C16H13BrFNO2S.C11H13N3.C9H18/c17-11-3-7-13(8-4-11)22-15(16(19)21)9-14(20)10-1-5-12(18)6-2-10;1-8-12-10-7-5-4-6-9(10)11(13-8)14(2)3;1-3-9-6-4-8(2)5-7-9/h1-8,15H,9H2,(H2,19,21);4-7H,1-3H3;8-9H,3-7H2,1-2H3. The summed E-state index contributed by atoms with van der Waals surface area (Å²) < 4.78 is 13.8. The summed E-state index contributed by atoms with van der Waals surface area (Å²) in [4.78, 5) is 35.4. The molecule has 0 radical (unpaired) electrons. The van der Waals surface area contributed by atoms with Crippen LogP contribution in [0.15, 0.2) is 82.2 Å². The third-order valence-corrected chi connectivity index (χ3v) is 9.53. The maximum atomic E-state index is 12.9. The summed E-state index contributed by atoms with van der Waals surface area (Å²) in [7, 11) is 3.99. The average molecular weight is 696 g/mol. The number of aryl methyl sites for hydroxylation is 1. The largest absolute Gasteiger partial charge is 0.369 e. The number of amides is 1. The van der Waals surface area contributed by atoms with E-state index in [2.05, 4.69) is 39.7 Å². The van der Waals surface area contributed by atoms with E-state index in [9.17, 15) is 14.0 Å². The van der Waals surface area contributed by atoms with Crippen molar-refractivity contribution in [1.82, 2.24) is 9.97 Å². The first kappa shape index (κ1) is 36.2. The second-order valence-electron chi connectivity index (χ2n) is 11.6. The lowest BCUT2D eigenvalue weighted by atomic mass is 9.82. The number of fused-ring (bicyclic) bond motifs is 1. The van der Waals surface area contributed by atoms with Crippen LogP contribution >= 0.6 is 27.7 Å². The van der Waals surface area contributed by atoms with E-state index in [-0.39, 0.29) is 12.2 Å². The van der Waals surface area contributed by atoms with Crippen LogP contribution in [-0.2, 0) is 4.79 Å². The number of anilines is 1. The molecule has 45 heavy (non-hydrogen) atoms. The van der Waals surface area contributed by atoms with Crippen molar-refractivity contribution in [1.29, 1.82) is 0 Å². The molecule has 0 saturated heterocycles. The third kappa shape index (κ3) is 11.9. The van der Waals surface area contributed by atoms with Gasteiger partial charge in [-0.2, -0.15) is 0 Å². The average Bonchev–Trinajstić information content (AvgIpc) is 3.02. The Hall–Kier alpha value is -3.30. The molecule has 1 fully saturated rings. The van der Waals surface area contributed by atoms with Gasteiger partial charge in [0.05, 0.1) is 10.8 Å². The van der Waals surface area contributed by atoms with Gasteiger partial charge in [-0.05, 0) is 79.4 Å². The quantitative estimate of drug-likeness (QED) is 0.146. The van der Waals surface area contributed by atoms with Gasteiger partial charge in [-0.25, -0.2) is 14.4 Å². The molecule has 1 heterocycles. The molecule has 1 saturated carbocycles. The molecule has 1 aliphatic carbocycles. The fourth-order valence-electron chi connectivity index (χ4n) is 5.05. The summed E-state index contributed by atoms with van der Waals surface area (Å²) in [6.45, 7) is 6.62. The number of Topliss-reactive ketones (excluding diaryl/α,β-unsaturated/α-hetero) is 1. The van der Waals surface area contributed by atoms with Gasteiger partial charge in [0, 0.05) is 40.8 Å². The number of hydrogen-bond acceptors (Lipinski definition) is 6. The molecule has 0 bridgehead atoms. The van der Waals surface area contributed by atoms with Crippen molar-refractivity contribution in [2.45, 2.75) is 69.4 Å². The van der Waals surface area contributed by atoms with E-state index in [1.54, 1.807) is 0 Å². The number of aromatic nitrogens is 2. The molecule has 1 atom stereocenters. The van der Waals surface area contributed by atoms with Crippen LogP contribution in [0.5, 0.6) is 0 Å². The summed E-state index contributed by atoms with van der Waals surface area (Å²) >= 11 is 4.57. The molecule has 2 N–H and O–H groups in total. The third-order valence-electron chi connectivity index (χ3n) is 7.78. The monoisotopic (exact) mass is 694 g/mol. The molecule has 3 aromatic carbocycles. The number of carbonyl (C=O) groups is 2. The maximum Gasteiger partial charge on any atom is 0.231 e. The molecule has 0 aliphatic heterocycles. The highest BCUT2D eigenvalue weighted by Crippen LogP contribution is 2.30. The number of nitrogens with zero attached hydrogens (tertiary/aromatic N) is 3. The smallest absolute Gasteiger partial charge is 0.231 e. The summed E-state index contributed by atoms with van der Waals surface area (Å²) in [5.41, 5.74) is 6.75. The highest BCUT2D eigenvalue weighted by atomic mass is 79.9. The summed E-state index contributed by atoms with van der Waals surface area (Å²) in [6, 6.07) is 20.7. The highest BCUT2D eigenvalue weighted by Gasteiger charge is 2.22. The number of benzene rings is 3. The topological polar surface area (TPSA) is 89.2 Å². The Bertz CT molecular complexity index is 1520. The fourth-order valence-corrected chi connectivity index (χ4v) is 6.29. The van der Waals surface area contributed by atoms with Crippen molar-refractivity contribution in [2.75, 3.05) is 19.0 Å². The molecule has 1 aromatic heterocycles. The van der Waals surface area contributed by atoms with E-state index in [1.165, 1.54) is 68.1 Å². The molecule has 1 amide bonds. The number of ketones is 1. The number of para-hydroxylation sites is 1. The van der Waals surface area contributed by atoms with Gasteiger partial charge < -0.3 is 10.6 Å². The van der Waals surface area contributed by atoms with Crippen LogP contribution in [0.3, 0.4) is 0 Å². The Morgan fingerprint density at radius 2 is 1.60 bits per heavy atom. The highest BCUT2D eigenvalue weighted by molar-refractivity contribution is 9.10. The van der Waals surface area contributed by atoms with Crippen molar-refractivity contribution in [3.05, 3.63) is 94.5 Å². The summed E-state index contributed by atoms with van der Waals surface area (Å²) in [6.07, 6.45) is 7.35. The molecule has 1 unspecified atom stereocenters. The van der Waals surface area contributed by atoms with Crippen LogP contribution < -0.4 is 10.6 Å². The Kier molecular flexibility index (Phi) is 14.5. The lowest BCUT2D eigenvalue weighted by molar-refractivity contribution is -0.117. The van der Waals surface area contributed by atoms with Crippen molar-refractivity contribution >= 4 is 56.1 Å². The lowest BCUT2D eigenvalue weighted by Crippen LogP contribution is -2.28. The fraction of sp³-hybridized carbons (Fsp3) is 0.389. The van der Waals surface area contributed by atoms with Crippen LogP contribution in [0.25, 0.3) is 10.9 Å². The van der Waals surface area contributed by atoms with Crippen LogP contribution in [0, 0.1) is 24.6 Å². The first-order valence-electron chi connectivity index (χ1n) is 15.4. The van der Waals surface area contributed by atoms with Crippen LogP contribution in [0.4, 0.5) is 10.2 Å². The van der Waals surface area contributed by atoms with E-state index < -0.39 is 17.0 Å². The predicted molar refractivity (Wildman–Crippen MR) is 188 cm³/mol. The first-order chi connectivity index (χ1) is 21.5. The minimum atomic E-state index is -0.668. The zero-order valence-electron chi connectivity index (χ0n) is 26.8. The van der Waals surface area contributed by atoms with Crippen molar-refractivity contribution in [3.63, 3.8) is 0 Å². The first-order valence-corrected chi connectivity index (χ1v) is 17.0. The van der Waals surface area contributed by atoms with Gasteiger partial charge in [-0.3, -0.25) is 9.59 Å². The van der Waals surface area contributed by atoms with Crippen molar-refractivity contribution in [2.24, 2.45) is 17.6 Å². The normalized spacial score (nSPS) is 16.4. The number of carbonyl (C=O) groups excluding carboxylic acids is 2. The molecule has 9 heteroatoms. The van der Waals surface area contributed by atoms with E-state index in [0.717, 1.165) is 43.7 Å². The molecule has 6 nitrogen and oxygen atoms in total. The molecule has 1 aliphatic rings. The number of thioether (sulfide) groups is 1. The minimum Gasteiger partial charge on any atom is -0.369 e. The Labute approximate surface area is 279 Å². The summed E-state index contributed by atoms with van der Waals surface area (Å²) in [5, 5.41) is 0.432. The Balaban J connectivity index is 0.000000204. The predicted octanol–water partition coefficient (Wildman–Crippen LogP) is 9.03. The number of hydrogen-bond donors (Lipinski definition) is 1. The van der Waals surface area contributed by atoms with Gasteiger partial charge in [-0.1, -0.05) is 74.0 Å². The van der Waals surface area contributed by atoms with Gasteiger partial charge in [-0.15, -0.1) is 11.8 Å². The Morgan fingerprint density at radius 1 is 0.978 bits per heavy atom. The molecule has 240 valence electrons. The Morgan fingerprint density at radius 3 is 2.18 bits per heavy atom. The van der Waals surface area contributed by atoms with Crippen molar-refractivity contribution in [3.8, 4) is 0 Å². The lowest BCUT2D eigenvalue weighted by Gasteiger charge is -2.24. The molecular formula is C36H44BrFN4O2S. The molecular weight excluding hydrogens is 651 g/mol. The van der Waals surface area contributed by atoms with Crippen molar-refractivity contribution < 1.29 is 14.0 Å². The molecule has 4 aromatic rings. The number of halogens is 2. The van der Waals surface area contributed by atoms with E-state index in [4.69, 9.17) is 5.73 Å². The van der Waals surface area contributed by atoms with Crippen LogP contribution in [0.2, 0.25) is 0 Å². The zero-order valence-corrected chi connectivity index (χ0v) is 29.2. The van der Waals surface area contributed by atoms with E-state index in [0.29, 0.717) is 5.56 Å². The number of rotatable bonds is 8. The molecule has 0 spiro atoms. The van der Waals surface area contributed by atoms with Crippen LogP contribution in [0.1, 0.15) is 68.6 Å². The van der Waals surface area contributed by atoms with Gasteiger partial charge in [0.2, 0.25) is 5.91 Å². The van der Waals surface area contributed by atoms with Gasteiger partial charge in [0.1, 0.15) is 17.5 Å². The molecule has 5 rings (SSSR count). The minimum absolute atomic E-state index is 0.0261. The summed E-state index contributed by atoms with van der Waals surface area (Å²) in [5.74, 6) is 2.68. The van der Waals surface area contributed by atoms with E-state index >= 15 is 0 Å². The zero-order chi connectivity index (χ0) is 32.9. The maximum absolute atomic E-state index is 12.9. The van der Waals surface area contributed by atoms with E-state index in [1.807, 2.05) is 74.4 Å². The van der Waals surface area contributed by atoms with Gasteiger partial charge in [0.15, 0.2) is 5.78 Å². The number of nitrogens with two attached hydrogens (primary N) is 1. The van der Waals surface area contributed by atoms with Gasteiger partial charge >= 0.3 is 0 Å². The second-order valence-corrected chi connectivity index (χ2v) is 13.8. The number of primary amides is 1. The van der Waals surface area contributed by atoms with Gasteiger partial charge in [0.25, 0.3) is 0 Å².